The van der Waals surface area contributed by atoms with Crippen molar-refractivity contribution in [3.8, 4) is 0 Å². The first-order valence-electron chi connectivity index (χ1n) is 9.77. The van der Waals surface area contributed by atoms with Crippen molar-refractivity contribution in [2.24, 2.45) is 0 Å². The summed E-state index contributed by atoms with van der Waals surface area (Å²) >= 11 is 0. The van der Waals surface area contributed by atoms with Crippen LogP contribution in [0.3, 0.4) is 0 Å². The highest BCUT2D eigenvalue weighted by molar-refractivity contribution is 5.95. The van der Waals surface area contributed by atoms with Gasteiger partial charge in [0.05, 0.1) is 6.04 Å². The van der Waals surface area contributed by atoms with Gasteiger partial charge in [0.15, 0.2) is 0 Å². The van der Waals surface area contributed by atoms with Gasteiger partial charge in [-0.25, -0.2) is 0 Å². The van der Waals surface area contributed by atoms with E-state index in [9.17, 15) is 9.59 Å². The standard InChI is InChI=1S/C24H24N2O2/c1-17(21-9-4-7-19-6-2-3-8-22(19)21)25-24(28)20-13-11-18(12-14-20)16-26-15-5-10-23(26)27/h2-4,6-9,11-14,17H,5,10,15-16H2,1H3,(H,25,28)/t17-/m0/s1. The van der Waals surface area contributed by atoms with E-state index in [4.69, 9.17) is 0 Å². The molecule has 0 aliphatic carbocycles. The molecule has 3 aromatic carbocycles. The molecule has 0 spiro atoms. The van der Waals surface area contributed by atoms with Crippen molar-refractivity contribution in [3.05, 3.63) is 83.4 Å². The first-order chi connectivity index (χ1) is 13.6. The average molecular weight is 372 g/mol. The van der Waals surface area contributed by atoms with E-state index in [1.807, 2.05) is 54.3 Å². The molecule has 1 saturated heterocycles. The van der Waals surface area contributed by atoms with Crippen LogP contribution >= 0.6 is 0 Å². The van der Waals surface area contributed by atoms with Gasteiger partial charge in [0, 0.05) is 25.1 Å². The Bertz CT molecular complexity index is 1010. The van der Waals surface area contributed by atoms with Gasteiger partial charge in [0.2, 0.25) is 5.91 Å². The van der Waals surface area contributed by atoms with Gasteiger partial charge in [0.1, 0.15) is 0 Å². The van der Waals surface area contributed by atoms with E-state index < -0.39 is 0 Å². The molecule has 3 aromatic rings. The summed E-state index contributed by atoms with van der Waals surface area (Å²) in [5.41, 5.74) is 2.79. The van der Waals surface area contributed by atoms with Gasteiger partial charge in [-0.3, -0.25) is 9.59 Å². The molecule has 4 rings (SSSR count). The quantitative estimate of drug-likeness (QED) is 0.719. The fourth-order valence-corrected chi connectivity index (χ4v) is 3.84. The Morgan fingerprint density at radius 1 is 1.04 bits per heavy atom. The van der Waals surface area contributed by atoms with Crippen LogP contribution in [0.1, 0.15) is 47.3 Å². The highest BCUT2D eigenvalue weighted by atomic mass is 16.2. The second-order valence-corrected chi connectivity index (χ2v) is 7.38. The minimum atomic E-state index is -0.0968. The Hall–Kier alpha value is -3.14. The molecular weight excluding hydrogens is 348 g/mol. The first kappa shape index (κ1) is 18.2. The van der Waals surface area contributed by atoms with Gasteiger partial charge in [0.25, 0.3) is 5.91 Å². The lowest BCUT2D eigenvalue weighted by atomic mass is 9.99. The molecule has 1 heterocycles. The molecule has 0 unspecified atom stereocenters. The van der Waals surface area contributed by atoms with Crippen molar-refractivity contribution in [3.63, 3.8) is 0 Å². The molecule has 0 aromatic heterocycles. The van der Waals surface area contributed by atoms with Crippen LogP contribution in [0.25, 0.3) is 10.8 Å². The van der Waals surface area contributed by atoms with Crippen LogP contribution in [0.15, 0.2) is 66.7 Å². The van der Waals surface area contributed by atoms with E-state index in [2.05, 4.69) is 29.6 Å². The maximum Gasteiger partial charge on any atom is 0.251 e. The SMILES string of the molecule is C[C@H](NC(=O)c1ccc(CN2CCCC2=O)cc1)c1cccc2ccccc12. The minimum absolute atomic E-state index is 0.0933. The van der Waals surface area contributed by atoms with Gasteiger partial charge in [-0.15, -0.1) is 0 Å². The Balaban J connectivity index is 1.45. The molecule has 1 aliphatic heterocycles. The van der Waals surface area contributed by atoms with E-state index in [-0.39, 0.29) is 17.9 Å². The zero-order valence-corrected chi connectivity index (χ0v) is 16.0. The van der Waals surface area contributed by atoms with Crippen LogP contribution in [-0.2, 0) is 11.3 Å². The zero-order chi connectivity index (χ0) is 19.5. The largest absolute Gasteiger partial charge is 0.345 e. The number of amides is 2. The minimum Gasteiger partial charge on any atom is -0.345 e. The topological polar surface area (TPSA) is 49.4 Å². The summed E-state index contributed by atoms with van der Waals surface area (Å²) in [7, 11) is 0. The smallest absolute Gasteiger partial charge is 0.251 e. The fraction of sp³-hybridized carbons (Fsp3) is 0.250. The van der Waals surface area contributed by atoms with Crippen LogP contribution in [0.2, 0.25) is 0 Å². The number of benzene rings is 3. The predicted octanol–water partition coefficient (Wildman–Crippen LogP) is 4.45. The van der Waals surface area contributed by atoms with Gasteiger partial charge in [-0.1, -0.05) is 54.6 Å². The lowest BCUT2D eigenvalue weighted by molar-refractivity contribution is -0.128. The van der Waals surface area contributed by atoms with E-state index in [0.717, 1.165) is 29.5 Å². The van der Waals surface area contributed by atoms with Crippen molar-refractivity contribution < 1.29 is 9.59 Å². The van der Waals surface area contributed by atoms with E-state index in [1.165, 1.54) is 5.39 Å². The van der Waals surface area contributed by atoms with Gasteiger partial charge < -0.3 is 10.2 Å². The second-order valence-electron chi connectivity index (χ2n) is 7.38. The van der Waals surface area contributed by atoms with Crippen LogP contribution in [0, 0.1) is 0 Å². The number of carbonyl (C=O) groups is 2. The Labute approximate surface area is 165 Å². The Morgan fingerprint density at radius 3 is 2.54 bits per heavy atom. The first-order valence-corrected chi connectivity index (χ1v) is 9.77. The van der Waals surface area contributed by atoms with Crippen molar-refractivity contribution in [2.75, 3.05) is 6.54 Å². The lowest BCUT2D eigenvalue weighted by Gasteiger charge is -2.17. The number of fused-ring (bicyclic) bond motifs is 1. The summed E-state index contributed by atoms with van der Waals surface area (Å²) in [6.07, 6.45) is 1.58. The third kappa shape index (κ3) is 3.77. The van der Waals surface area contributed by atoms with Crippen LogP contribution in [0.5, 0.6) is 0 Å². The number of likely N-dealkylation sites (tertiary alicyclic amines) is 1. The highest BCUT2D eigenvalue weighted by Gasteiger charge is 2.20. The van der Waals surface area contributed by atoms with Crippen molar-refractivity contribution in [1.82, 2.24) is 10.2 Å². The molecule has 1 N–H and O–H groups in total. The Morgan fingerprint density at radius 2 is 1.79 bits per heavy atom. The summed E-state index contributed by atoms with van der Waals surface area (Å²) < 4.78 is 0. The van der Waals surface area contributed by atoms with E-state index >= 15 is 0 Å². The summed E-state index contributed by atoms with van der Waals surface area (Å²) in [6, 6.07) is 21.8. The number of hydrogen-bond donors (Lipinski definition) is 1. The molecule has 1 fully saturated rings. The average Bonchev–Trinajstić information content (AvgIpc) is 3.12. The number of nitrogens with one attached hydrogen (secondary N) is 1. The molecule has 4 heteroatoms. The Kier molecular flexibility index (Phi) is 5.11. The molecule has 28 heavy (non-hydrogen) atoms. The monoisotopic (exact) mass is 372 g/mol. The third-order valence-corrected chi connectivity index (χ3v) is 5.40. The molecule has 2 amide bonds. The van der Waals surface area contributed by atoms with Crippen LogP contribution in [0.4, 0.5) is 0 Å². The number of rotatable bonds is 5. The number of hydrogen-bond acceptors (Lipinski definition) is 2. The summed E-state index contributed by atoms with van der Waals surface area (Å²) in [6.45, 7) is 3.45. The van der Waals surface area contributed by atoms with Crippen molar-refractivity contribution >= 4 is 22.6 Å². The molecular formula is C24H24N2O2. The number of nitrogens with zero attached hydrogens (tertiary/aromatic N) is 1. The molecule has 0 bridgehead atoms. The van der Waals surface area contributed by atoms with Gasteiger partial charge in [-0.05, 0) is 47.4 Å². The maximum absolute atomic E-state index is 12.7. The summed E-state index contributed by atoms with van der Waals surface area (Å²) in [5.74, 6) is 0.120. The second kappa shape index (κ2) is 7.85. The molecule has 1 aliphatic rings. The molecule has 0 radical (unpaired) electrons. The summed E-state index contributed by atoms with van der Waals surface area (Å²) in [5, 5.41) is 5.43. The zero-order valence-electron chi connectivity index (χ0n) is 16.0. The maximum atomic E-state index is 12.7. The molecule has 1 atom stereocenters. The fourth-order valence-electron chi connectivity index (χ4n) is 3.84. The normalized spacial score (nSPS) is 15.0. The molecule has 4 nitrogen and oxygen atoms in total. The van der Waals surface area contributed by atoms with Crippen LogP contribution in [-0.4, -0.2) is 23.3 Å². The van der Waals surface area contributed by atoms with Gasteiger partial charge in [-0.2, -0.15) is 0 Å². The number of carbonyl (C=O) groups excluding carboxylic acids is 2. The molecule has 0 saturated carbocycles. The van der Waals surface area contributed by atoms with Crippen molar-refractivity contribution in [2.45, 2.75) is 32.4 Å². The van der Waals surface area contributed by atoms with Gasteiger partial charge >= 0.3 is 0 Å². The highest BCUT2D eigenvalue weighted by Crippen LogP contribution is 2.24. The molecule has 142 valence electrons. The third-order valence-electron chi connectivity index (χ3n) is 5.40. The van der Waals surface area contributed by atoms with Crippen molar-refractivity contribution in [1.29, 1.82) is 0 Å². The lowest BCUT2D eigenvalue weighted by Crippen LogP contribution is -2.27. The van der Waals surface area contributed by atoms with E-state index in [0.29, 0.717) is 18.5 Å². The summed E-state index contributed by atoms with van der Waals surface area (Å²) in [4.78, 5) is 26.3. The predicted molar refractivity (Wildman–Crippen MR) is 111 cm³/mol. The van der Waals surface area contributed by atoms with Crippen LogP contribution < -0.4 is 5.32 Å². The van der Waals surface area contributed by atoms with E-state index in [1.54, 1.807) is 0 Å².